The van der Waals surface area contributed by atoms with Gasteiger partial charge in [-0.2, -0.15) is 0 Å². The van der Waals surface area contributed by atoms with Gasteiger partial charge in [0, 0.05) is 21.8 Å². The summed E-state index contributed by atoms with van der Waals surface area (Å²) in [5, 5.41) is 8.18. The van der Waals surface area contributed by atoms with E-state index >= 15 is 0 Å². The molecule has 0 amide bonds. The summed E-state index contributed by atoms with van der Waals surface area (Å²) in [4.78, 5) is 9.94. The fourth-order valence-corrected chi connectivity index (χ4v) is 6.40. The third-order valence-electron chi connectivity index (χ3n) is 7.24. The van der Waals surface area contributed by atoms with E-state index in [9.17, 15) is 0 Å². The molecule has 8 rings (SSSR count). The van der Waals surface area contributed by atoms with Gasteiger partial charge in [0.25, 0.3) is 0 Å². The van der Waals surface area contributed by atoms with Gasteiger partial charge >= 0.3 is 21.1 Å². The van der Waals surface area contributed by atoms with Crippen molar-refractivity contribution in [3.63, 3.8) is 0 Å². The first-order valence-electron chi connectivity index (χ1n) is 13.4. The second-order valence-corrected chi connectivity index (χ2v) is 10.8. The molecule has 0 unspecified atom stereocenters. The van der Waals surface area contributed by atoms with Crippen LogP contribution in [-0.4, -0.2) is 9.97 Å². The summed E-state index contributed by atoms with van der Waals surface area (Å²) >= 11 is 1.68. The Morgan fingerprint density at radius 3 is 2.26 bits per heavy atom. The molecular formula is C36H21N3OPtS. The molecule has 0 N–H and O–H groups in total. The molecule has 42 heavy (non-hydrogen) atoms. The maximum Gasteiger partial charge on any atom is 2.00 e. The molecule has 202 valence electrons. The Kier molecular flexibility index (Phi) is 6.91. The molecule has 6 heteroatoms. The Bertz CT molecular complexity index is 2200. The summed E-state index contributed by atoms with van der Waals surface area (Å²) in [5.74, 6) is 0. The van der Waals surface area contributed by atoms with Gasteiger partial charge in [0.15, 0.2) is 0 Å². The number of aromatic nitrogens is 2. The summed E-state index contributed by atoms with van der Waals surface area (Å²) < 4.78 is 7.27. The molecule has 0 radical (unpaired) electrons. The Labute approximate surface area is 261 Å². The van der Waals surface area contributed by atoms with Crippen LogP contribution in [0.1, 0.15) is 0 Å². The van der Waals surface area contributed by atoms with Gasteiger partial charge in [-0.05, 0) is 29.3 Å². The van der Waals surface area contributed by atoms with Crippen LogP contribution < -0.4 is 0 Å². The van der Waals surface area contributed by atoms with Gasteiger partial charge < -0.3 is 9.73 Å². The maximum absolute atomic E-state index is 6.14. The fourth-order valence-electron chi connectivity index (χ4n) is 5.37. The van der Waals surface area contributed by atoms with E-state index in [1.54, 1.807) is 17.5 Å². The standard InChI is InChI=1S/C36H21N3OS.Pt/c1-2-11-23(12-3-1)24-16-10-20-32-34(24)39-36(41-32)26-14-5-8-18-29(26)38-28-17-7-4-13-25(28)35-33-27-15-6-9-19-30(27)40-31(33)21-22-37-35;/h1-11,13-22H;/q-2;+2. The number of nitrogens with zero attached hydrogens (tertiary/aromatic N) is 3. The minimum Gasteiger partial charge on any atom is -0.657 e. The molecule has 0 aliphatic carbocycles. The van der Waals surface area contributed by atoms with E-state index < -0.39 is 0 Å². The van der Waals surface area contributed by atoms with Gasteiger partial charge in [-0.1, -0.05) is 84.4 Å². The minimum atomic E-state index is 0. The Balaban J connectivity index is 0.00000288. The van der Waals surface area contributed by atoms with Crippen LogP contribution in [0.25, 0.3) is 70.4 Å². The van der Waals surface area contributed by atoms with Gasteiger partial charge in [-0.3, -0.25) is 4.98 Å². The van der Waals surface area contributed by atoms with E-state index in [0.717, 1.165) is 76.5 Å². The summed E-state index contributed by atoms with van der Waals surface area (Å²) in [6.07, 6.45) is 1.80. The second-order valence-electron chi connectivity index (χ2n) is 9.72. The number of fused-ring (bicyclic) bond motifs is 4. The van der Waals surface area contributed by atoms with Crippen LogP contribution in [0.4, 0.5) is 11.4 Å². The molecule has 0 spiro atoms. The first-order chi connectivity index (χ1) is 20.3. The summed E-state index contributed by atoms with van der Waals surface area (Å²) in [6, 6.07) is 44.0. The summed E-state index contributed by atoms with van der Waals surface area (Å²) in [6.45, 7) is 0. The predicted molar refractivity (Wildman–Crippen MR) is 169 cm³/mol. The molecule has 4 nitrogen and oxygen atoms in total. The molecule has 8 aromatic rings. The third-order valence-corrected chi connectivity index (χ3v) is 8.30. The molecule has 3 aromatic heterocycles. The Morgan fingerprint density at radius 1 is 0.667 bits per heavy atom. The average Bonchev–Trinajstić information content (AvgIpc) is 3.64. The molecule has 0 saturated heterocycles. The van der Waals surface area contributed by atoms with E-state index in [0.29, 0.717) is 0 Å². The van der Waals surface area contributed by atoms with Crippen LogP contribution in [0.5, 0.6) is 0 Å². The summed E-state index contributed by atoms with van der Waals surface area (Å²) in [7, 11) is 0. The van der Waals surface area contributed by atoms with E-state index in [1.165, 1.54) is 0 Å². The summed E-state index contributed by atoms with van der Waals surface area (Å²) in [5.41, 5.74) is 9.25. The van der Waals surface area contributed by atoms with Crippen molar-refractivity contribution < 1.29 is 25.5 Å². The van der Waals surface area contributed by atoms with Crippen LogP contribution in [0.3, 0.4) is 0 Å². The number of hydrogen-bond acceptors (Lipinski definition) is 4. The van der Waals surface area contributed by atoms with Crippen molar-refractivity contribution in [1.29, 1.82) is 0 Å². The molecule has 0 aliphatic rings. The van der Waals surface area contributed by atoms with Gasteiger partial charge in [-0.15, -0.1) is 58.6 Å². The number of hydrogen-bond donors (Lipinski definition) is 0. The zero-order chi connectivity index (χ0) is 27.2. The van der Waals surface area contributed by atoms with E-state index in [1.807, 2.05) is 78.9 Å². The van der Waals surface area contributed by atoms with Crippen molar-refractivity contribution in [2.24, 2.45) is 0 Å². The zero-order valence-electron chi connectivity index (χ0n) is 22.1. The fraction of sp³-hybridized carbons (Fsp3) is 0. The van der Waals surface area contributed by atoms with Crippen molar-refractivity contribution in [3.8, 4) is 33.0 Å². The molecular weight excluding hydrogens is 718 g/mol. The largest absolute Gasteiger partial charge is 2.00 e. The smallest absolute Gasteiger partial charge is 0.657 e. The Hall–Kier alpha value is -4.57. The van der Waals surface area contributed by atoms with E-state index in [2.05, 4.69) is 48.5 Å². The van der Waals surface area contributed by atoms with Crippen LogP contribution >= 0.6 is 11.3 Å². The number of furan rings is 1. The molecule has 0 bridgehead atoms. The zero-order valence-corrected chi connectivity index (χ0v) is 25.2. The van der Waals surface area contributed by atoms with Crippen LogP contribution in [-0.2, 0) is 21.1 Å². The van der Waals surface area contributed by atoms with Gasteiger partial charge in [0.1, 0.15) is 16.2 Å². The van der Waals surface area contributed by atoms with Gasteiger partial charge in [0.2, 0.25) is 0 Å². The second kappa shape index (κ2) is 11.0. The number of rotatable bonds is 5. The number of para-hydroxylation sites is 4. The quantitative estimate of drug-likeness (QED) is 0.165. The number of thiazole rings is 1. The molecule has 0 saturated carbocycles. The molecule has 0 atom stereocenters. The normalized spacial score (nSPS) is 11.1. The van der Waals surface area contributed by atoms with Crippen LogP contribution in [0, 0.1) is 6.07 Å². The van der Waals surface area contributed by atoms with E-state index in [-0.39, 0.29) is 21.1 Å². The Morgan fingerprint density at radius 2 is 1.40 bits per heavy atom. The molecule has 3 heterocycles. The average molecular weight is 739 g/mol. The third kappa shape index (κ3) is 4.52. The number of pyridine rings is 1. The minimum absolute atomic E-state index is 0. The van der Waals surface area contributed by atoms with E-state index in [4.69, 9.17) is 19.7 Å². The van der Waals surface area contributed by atoms with Crippen molar-refractivity contribution in [1.82, 2.24) is 9.97 Å². The van der Waals surface area contributed by atoms with Crippen LogP contribution in [0.2, 0.25) is 0 Å². The SMILES string of the molecule is [Pt+2].[c-]1ccccc1-c1cccc2sc(-c3ccccc3[N-]c3ccccc3-c3nccc4oc5ccccc5c34)nc12. The molecule has 0 fully saturated rings. The number of benzene rings is 5. The molecule has 0 aliphatic heterocycles. The van der Waals surface area contributed by atoms with Crippen molar-refractivity contribution in [2.75, 3.05) is 0 Å². The topological polar surface area (TPSA) is 53.0 Å². The van der Waals surface area contributed by atoms with Crippen molar-refractivity contribution in [3.05, 3.63) is 139 Å². The maximum atomic E-state index is 6.14. The van der Waals surface area contributed by atoms with Crippen molar-refractivity contribution >= 4 is 54.9 Å². The first-order valence-corrected chi connectivity index (χ1v) is 14.2. The first kappa shape index (κ1) is 26.3. The van der Waals surface area contributed by atoms with Gasteiger partial charge in [-0.25, -0.2) is 4.98 Å². The van der Waals surface area contributed by atoms with Gasteiger partial charge in [0.05, 0.1) is 11.1 Å². The predicted octanol–water partition coefficient (Wildman–Crippen LogP) is 10.7. The monoisotopic (exact) mass is 738 g/mol. The molecule has 5 aromatic carbocycles. The van der Waals surface area contributed by atoms with Crippen LogP contribution in [0.15, 0.2) is 132 Å². The van der Waals surface area contributed by atoms with Crippen molar-refractivity contribution in [2.45, 2.75) is 0 Å².